The second kappa shape index (κ2) is 9.03. The van der Waals surface area contributed by atoms with Gasteiger partial charge in [0.25, 0.3) is 0 Å². The molecule has 2 aromatic rings. The van der Waals surface area contributed by atoms with Crippen LogP contribution < -0.4 is 4.74 Å². The third-order valence-corrected chi connectivity index (χ3v) is 3.59. The summed E-state index contributed by atoms with van der Waals surface area (Å²) in [5.41, 5.74) is 1.33. The van der Waals surface area contributed by atoms with Crippen LogP contribution in [0.3, 0.4) is 0 Å². The zero-order valence-corrected chi connectivity index (χ0v) is 14.8. The molecule has 0 aliphatic heterocycles. The second-order valence-electron chi connectivity index (χ2n) is 4.88. The summed E-state index contributed by atoms with van der Waals surface area (Å²) in [7, 11) is 0. The molecule has 0 N–H and O–H groups in total. The fourth-order valence-corrected chi connectivity index (χ4v) is 2.36. The van der Waals surface area contributed by atoms with Gasteiger partial charge in [0.15, 0.2) is 12.4 Å². The fourth-order valence-electron chi connectivity index (χ4n) is 1.95. The van der Waals surface area contributed by atoms with Gasteiger partial charge in [-0.2, -0.15) is 0 Å². The van der Waals surface area contributed by atoms with Crippen LogP contribution in [0.5, 0.6) is 5.75 Å². The second-order valence-corrected chi connectivity index (χ2v) is 5.79. The topological polar surface area (TPSA) is 52.6 Å². The van der Waals surface area contributed by atoms with Gasteiger partial charge < -0.3 is 9.47 Å². The molecular formula is C19H17BrO4. The predicted molar refractivity (Wildman–Crippen MR) is 96.1 cm³/mol. The van der Waals surface area contributed by atoms with Crippen LogP contribution >= 0.6 is 15.9 Å². The van der Waals surface area contributed by atoms with E-state index in [1.54, 1.807) is 30.3 Å². The monoisotopic (exact) mass is 388 g/mol. The number of carbonyl (C=O) groups is 2. The van der Waals surface area contributed by atoms with E-state index in [0.717, 1.165) is 10.0 Å². The highest BCUT2D eigenvalue weighted by molar-refractivity contribution is 9.10. The summed E-state index contributed by atoms with van der Waals surface area (Å²) in [6, 6.07) is 14.2. The van der Waals surface area contributed by atoms with E-state index >= 15 is 0 Å². The SMILES string of the molecule is CCOc1ccc(C(=O)COC(=O)/C=C/c2cccc(Br)c2)cc1. The lowest BCUT2D eigenvalue weighted by atomic mass is 10.1. The Labute approximate surface area is 149 Å². The Kier molecular flexibility index (Phi) is 6.75. The molecule has 0 fully saturated rings. The van der Waals surface area contributed by atoms with Gasteiger partial charge in [0.1, 0.15) is 5.75 Å². The summed E-state index contributed by atoms with van der Waals surface area (Å²) in [5.74, 6) is -0.125. The standard InChI is InChI=1S/C19H17BrO4/c1-2-23-17-9-7-15(8-10-17)18(21)13-24-19(22)11-6-14-4-3-5-16(20)12-14/h3-12H,2,13H2,1H3/b11-6+. The summed E-state index contributed by atoms with van der Waals surface area (Å²) in [4.78, 5) is 23.7. The molecule has 0 amide bonds. The molecule has 0 saturated heterocycles. The highest BCUT2D eigenvalue weighted by Crippen LogP contribution is 2.14. The highest BCUT2D eigenvalue weighted by atomic mass is 79.9. The molecule has 0 atom stereocenters. The van der Waals surface area contributed by atoms with Crippen molar-refractivity contribution in [1.29, 1.82) is 0 Å². The summed E-state index contributed by atoms with van der Waals surface area (Å²) < 4.78 is 11.2. The summed E-state index contributed by atoms with van der Waals surface area (Å²) in [5, 5.41) is 0. The predicted octanol–water partition coefficient (Wildman–Crippen LogP) is 4.29. The van der Waals surface area contributed by atoms with Crippen molar-refractivity contribution in [2.45, 2.75) is 6.92 Å². The van der Waals surface area contributed by atoms with Gasteiger partial charge in [-0.05, 0) is 55.0 Å². The van der Waals surface area contributed by atoms with Gasteiger partial charge in [-0.3, -0.25) is 4.79 Å². The maximum atomic E-state index is 12.0. The zero-order valence-electron chi connectivity index (χ0n) is 13.2. The number of ketones is 1. The molecule has 0 heterocycles. The van der Waals surface area contributed by atoms with Crippen molar-refractivity contribution in [3.63, 3.8) is 0 Å². The minimum Gasteiger partial charge on any atom is -0.494 e. The van der Waals surface area contributed by atoms with Gasteiger partial charge >= 0.3 is 5.97 Å². The van der Waals surface area contributed by atoms with Crippen molar-refractivity contribution in [3.8, 4) is 5.75 Å². The number of hydrogen-bond acceptors (Lipinski definition) is 4. The van der Waals surface area contributed by atoms with Gasteiger partial charge in [-0.1, -0.05) is 28.1 Å². The molecule has 5 heteroatoms. The van der Waals surface area contributed by atoms with Crippen LogP contribution in [0.1, 0.15) is 22.8 Å². The van der Waals surface area contributed by atoms with E-state index in [1.165, 1.54) is 6.08 Å². The number of halogens is 1. The molecule has 2 rings (SSSR count). The minimum absolute atomic E-state index is 0.262. The van der Waals surface area contributed by atoms with Crippen LogP contribution in [-0.4, -0.2) is 25.0 Å². The minimum atomic E-state index is -0.561. The Morgan fingerprint density at radius 1 is 1.12 bits per heavy atom. The van der Waals surface area contributed by atoms with Crippen LogP contribution in [0.15, 0.2) is 59.1 Å². The first kappa shape index (κ1) is 17.9. The first-order valence-electron chi connectivity index (χ1n) is 7.45. The molecule has 24 heavy (non-hydrogen) atoms. The third-order valence-electron chi connectivity index (χ3n) is 3.09. The van der Waals surface area contributed by atoms with Gasteiger partial charge in [0, 0.05) is 16.1 Å². The largest absolute Gasteiger partial charge is 0.494 e. The van der Waals surface area contributed by atoms with Crippen molar-refractivity contribution >= 4 is 33.8 Å². The maximum Gasteiger partial charge on any atom is 0.331 e. The molecule has 0 spiro atoms. The highest BCUT2D eigenvalue weighted by Gasteiger charge is 2.08. The Morgan fingerprint density at radius 3 is 2.54 bits per heavy atom. The quantitative estimate of drug-likeness (QED) is 0.403. The molecular weight excluding hydrogens is 372 g/mol. The molecule has 0 radical (unpaired) electrons. The van der Waals surface area contributed by atoms with Crippen LogP contribution in [-0.2, 0) is 9.53 Å². The van der Waals surface area contributed by atoms with Gasteiger partial charge in [0.2, 0.25) is 0 Å². The lowest BCUT2D eigenvalue weighted by Gasteiger charge is -2.05. The summed E-state index contributed by atoms with van der Waals surface area (Å²) in [6.45, 7) is 2.16. The smallest absolute Gasteiger partial charge is 0.331 e. The zero-order chi connectivity index (χ0) is 17.4. The van der Waals surface area contributed by atoms with Crippen LogP contribution in [0.25, 0.3) is 6.08 Å². The van der Waals surface area contributed by atoms with E-state index in [1.807, 2.05) is 31.2 Å². The Bertz CT molecular complexity index is 735. The summed E-state index contributed by atoms with van der Waals surface area (Å²) >= 11 is 3.36. The lowest BCUT2D eigenvalue weighted by molar-refractivity contribution is -0.136. The van der Waals surface area contributed by atoms with Crippen molar-refractivity contribution < 1.29 is 19.1 Å². The number of esters is 1. The number of benzene rings is 2. The molecule has 0 saturated carbocycles. The summed E-state index contributed by atoms with van der Waals surface area (Å²) in [6.07, 6.45) is 2.93. The number of hydrogen-bond donors (Lipinski definition) is 0. The number of rotatable bonds is 7. The molecule has 0 unspecified atom stereocenters. The van der Waals surface area contributed by atoms with Crippen LogP contribution in [0.2, 0.25) is 0 Å². The van der Waals surface area contributed by atoms with E-state index in [0.29, 0.717) is 17.9 Å². The number of carbonyl (C=O) groups excluding carboxylic acids is 2. The molecule has 0 aromatic heterocycles. The van der Waals surface area contributed by atoms with Crippen molar-refractivity contribution in [2.75, 3.05) is 13.2 Å². The molecule has 124 valence electrons. The first-order chi connectivity index (χ1) is 11.6. The molecule has 0 bridgehead atoms. The Hall–Kier alpha value is -2.40. The molecule has 0 aliphatic carbocycles. The Balaban J connectivity index is 1.85. The fraction of sp³-hybridized carbons (Fsp3) is 0.158. The van der Waals surface area contributed by atoms with E-state index in [-0.39, 0.29) is 12.4 Å². The normalized spacial score (nSPS) is 10.6. The number of Topliss-reactive ketones (excluding diaryl/α,β-unsaturated/α-hetero) is 1. The molecule has 0 aliphatic rings. The van der Waals surface area contributed by atoms with Crippen molar-refractivity contribution in [1.82, 2.24) is 0 Å². The number of ether oxygens (including phenoxy) is 2. The molecule has 4 nitrogen and oxygen atoms in total. The van der Waals surface area contributed by atoms with E-state index in [9.17, 15) is 9.59 Å². The van der Waals surface area contributed by atoms with Crippen molar-refractivity contribution in [2.24, 2.45) is 0 Å². The average Bonchev–Trinajstić information content (AvgIpc) is 2.59. The van der Waals surface area contributed by atoms with Gasteiger partial charge in [0.05, 0.1) is 6.61 Å². The third kappa shape index (κ3) is 5.66. The van der Waals surface area contributed by atoms with E-state index in [2.05, 4.69) is 15.9 Å². The van der Waals surface area contributed by atoms with E-state index < -0.39 is 5.97 Å². The lowest BCUT2D eigenvalue weighted by Crippen LogP contribution is -2.12. The van der Waals surface area contributed by atoms with E-state index in [4.69, 9.17) is 9.47 Å². The van der Waals surface area contributed by atoms with Crippen LogP contribution in [0, 0.1) is 0 Å². The van der Waals surface area contributed by atoms with Crippen LogP contribution in [0.4, 0.5) is 0 Å². The molecule has 2 aromatic carbocycles. The van der Waals surface area contributed by atoms with Crippen molar-refractivity contribution in [3.05, 3.63) is 70.2 Å². The van der Waals surface area contributed by atoms with Gasteiger partial charge in [-0.25, -0.2) is 4.79 Å². The first-order valence-corrected chi connectivity index (χ1v) is 8.24. The Morgan fingerprint density at radius 2 is 1.88 bits per heavy atom. The van der Waals surface area contributed by atoms with Gasteiger partial charge in [-0.15, -0.1) is 0 Å². The average molecular weight is 389 g/mol. The maximum absolute atomic E-state index is 12.0.